The van der Waals surface area contributed by atoms with Crippen LogP contribution in [0.4, 0.5) is 0 Å². The number of hydrogen-bond donors (Lipinski definition) is 0. The maximum Gasteiger partial charge on any atom is 0.303 e. The van der Waals surface area contributed by atoms with Gasteiger partial charge < -0.3 is 8.54 Å². The van der Waals surface area contributed by atoms with Gasteiger partial charge in [0.05, 0.1) is 5.60 Å². The van der Waals surface area contributed by atoms with Gasteiger partial charge in [0.2, 0.25) is 0 Å². The smallest absolute Gasteiger partial charge is 0.303 e. The van der Waals surface area contributed by atoms with Crippen LogP contribution in [0.25, 0.3) is 0 Å². The molecule has 6 heteroatoms. The lowest BCUT2D eigenvalue weighted by atomic mass is 10.2. The predicted octanol–water partition coefficient (Wildman–Crippen LogP) is 6.24. The van der Waals surface area contributed by atoms with Gasteiger partial charge in [-0.1, -0.05) is 58.8 Å². The summed E-state index contributed by atoms with van der Waals surface area (Å²) in [6, 6.07) is 2.55. The lowest BCUT2D eigenvalue weighted by molar-refractivity contribution is 0.0908. The highest BCUT2D eigenvalue weighted by atomic mass is 29.7. The molecular weight excluding hydrogens is 349 g/mol. The molecular formula is C17H42O2Si4. The van der Waals surface area contributed by atoms with E-state index in [1.807, 2.05) is 0 Å². The molecule has 0 aromatic heterocycles. The van der Waals surface area contributed by atoms with Gasteiger partial charge in [0.1, 0.15) is 7.11 Å². The van der Waals surface area contributed by atoms with Crippen molar-refractivity contribution in [3.8, 4) is 0 Å². The Labute approximate surface area is 149 Å². The average molecular weight is 391 g/mol. The van der Waals surface area contributed by atoms with Crippen LogP contribution in [-0.4, -0.2) is 36.7 Å². The standard InChI is InChI=1S/C17H42O2Si4/c1-11-12-13-14-15-23(19-20(4,5)6)18-17(2,3)16-21(7,8)22(23,9)10/h11-16H2,1-10H3. The van der Waals surface area contributed by atoms with Crippen LogP contribution in [0.15, 0.2) is 0 Å². The third kappa shape index (κ3) is 5.14. The molecule has 0 N–H and O–H groups in total. The zero-order valence-electron chi connectivity index (χ0n) is 17.6. The fraction of sp³-hybridized carbons (Fsp3) is 1.00. The molecule has 0 aromatic rings. The van der Waals surface area contributed by atoms with Gasteiger partial charge in [-0.25, -0.2) is 0 Å². The second-order valence-corrected chi connectivity index (χ2v) is 40.3. The Hall–Kier alpha value is 0.788. The molecule has 1 fully saturated rings. The van der Waals surface area contributed by atoms with E-state index in [4.69, 9.17) is 8.54 Å². The lowest BCUT2D eigenvalue weighted by Gasteiger charge is -2.60. The Kier molecular flexibility index (Phi) is 6.82. The van der Waals surface area contributed by atoms with E-state index in [2.05, 4.69) is 66.6 Å². The van der Waals surface area contributed by atoms with Crippen molar-refractivity contribution in [1.29, 1.82) is 0 Å². The highest BCUT2D eigenvalue weighted by molar-refractivity contribution is 7.67. The molecule has 0 amide bonds. The van der Waals surface area contributed by atoms with E-state index in [1.54, 1.807) is 0 Å². The van der Waals surface area contributed by atoms with Crippen LogP contribution in [-0.2, 0) is 8.54 Å². The minimum atomic E-state index is -2.10. The van der Waals surface area contributed by atoms with Crippen molar-refractivity contribution >= 4 is 31.1 Å². The molecule has 0 radical (unpaired) electrons. The minimum Gasteiger partial charge on any atom is -0.439 e. The molecule has 0 aromatic carbocycles. The van der Waals surface area contributed by atoms with Crippen molar-refractivity contribution in [2.45, 2.75) is 110 Å². The van der Waals surface area contributed by atoms with Crippen molar-refractivity contribution in [2.75, 3.05) is 0 Å². The molecule has 2 nitrogen and oxygen atoms in total. The number of rotatable bonds is 7. The topological polar surface area (TPSA) is 18.5 Å². The van der Waals surface area contributed by atoms with Gasteiger partial charge in [-0.15, -0.1) is 0 Å². The molecule has 1 atom stereocenters. The van der Waals surface area contributed by atoms with Gasteiger partial charge in [0, 0.05) is 7.59 Å². The molecule has 1 aliphatic rings. The van der Waals surface area contributed by atoms with Gasteiger partial charge in [-0.05, 0) is 45.6 Å². The van der Waals surface area contributed by atoms with E-state index >= 15 is 0 Å². The van der Waals surface area contributed by atoms with Crippen LogP contribution < -0.4 is 0 Å². The van der Waals surface area contributed by atoms with Crippen molar-refractivity contribution in [3.05, 3.63) is 0 Å². The molecule has 138 valence electrons. The molecule has 0 spiro atoms. The summed E-state index contributed by atoms with van der Waals surface area (Å²) in [6.07, 6.45) is 5.30. The quantitative estimate of drug-likeness (QED) is 0.378. The molecule has 0 saturated carbocycles. The summed E-state index contributed by atoms with van der Waals surface area (Å²) in [5, 5.41) is 0. The summed E-state index contributed by atoms with van der Waals surface area (Å²) in [7, 11) is -6.48. The molecule has 1 aliphatic heterocycles. The van der Waals surface area contributed by atoms with E-state index in [-0.39, 0.29) is 5.60 Å². The van der Waals surface area contributed by atoms with Crippen LogP contribution in [0.1, 0.15) is 46.5 Å². The summed E-state index contributed by atoms with van der Waals surface area (Å²) in [5.74, 6) is 0. The minimum absolute atomic E-state index is 0.0227. The summed E-state index contributed by atoms with van der Waals surface area (Å²) in [4.78, 5) is 0. The molecule has 1 saturated heterocycles. The molecule has 23 heavy (non-hydrogen) atoms. The van der Waals surface area contributed by atoms with E-state index in [0.717, 1.165) is 0 Å². The largest absolute Gasteiger partial charge is 0.439 e. The van der Waals surface area contributed by atoms with Crippen LogP contribution >= 0.6 is 0 Å². The van der Waals surface area contributed by atoms with Gasteiger partial charge >= 0.3 is 8.08 Å². The third-order valence-electron chi connectivity index (χ3n) is 5.78. The van der Waals surface area contributed by atoms with Crippen LogP contribution in [0.2, 0.25) is 57.9 Å². The first-order valence-electron chi connectivity index (χ1n) is 9.58. The Morgan fingerprint density at radius 2 is 1.57 bits per heavy atom. The summed E-state index contributed by atoms with van der Waals surface area (Å²) >= 11 is 0. The van der Waals surface area contributed by atoms with Crippen LogP contribution in [0.5, 0.6) is 0 Å². The normalized spacial score (nSPS) is 29.5. The van der Waals surface area contributed by atoms with E-state index in [1.165, 1.54) is 37.8 Å². The Bertz CT molecular complexity index is 398. The number of unbranched alkanes of at least 4 members (excludes halogenated alkanes) is 3. The molecule has 1 heterocycles. The first-order valence-corrected chi connectivity index (χ1v) is 23.2. The fourth-order valence-corrected chi connectivity index (χ4v) is 44.1. The maximum atomic E-state index is 7.09. The van der Waals surface area contributed by atoms with E-state index in [9.17, 15) is 0 Å². The first kappa shape index (κ1) is 21.8. The summed E-state index contributed by atoms with van der Waals surface area (Å²) < 4.78 is 14.1. The Morgan fingerprint density at radius 1 is 1.00 bits per heavy atom. The van der Waals surface area contributed by atoms with Gasteiger partial charge in [-0.2, -0.15) is 0 Å². The lowest BCUT2D eigenvalue weighted by Crippen LogP contribution is -2.82. The van der Waals surface area contributed by atoms with Gasteiger partial charge in [0.15, 0.2) is 8.32 Å². The van der Waals surface area contributed by atoms with Gasteiger partial charge in [-0.3, -0.25) is 0 Å². The third-order valence-corrected chi connectivity index (χ3v) is 46.4. The van der Waals surface area contributed by atoms with E-state index in [0.29, 0.717) is 0 Å². The summed E-state index contributed by atoms with van der Waals surface area (Å²) in [6.45, 7) is 24.5. The highest BCUT2D eigenvalue weighted by Gasteiger charge is 2.67. The summed E-state index contributed by atoms with van der Waals surface area (Å²) in [5.41, 5.74) is 0.0227. The number of hydrogen-bond acceptors (Lipinski definition) is 2. The second-order valence-electron chi connectivity index (χ2n) is 10.3. The average Bonchev–Trinajstić information content (AvgIpc) is 2.28. The predicted molar refractivity (Wildman–Crippen MR) is 114 cm³/mol. The van der Waals surface area contributed by atoms with Crippen molar-refractivity contribution < 1.29 is 8.54 Å². The highest BCUT2D eigenvalue weighted by Crippen LogP contribution is 2.47. The SMILES string of the molecule is CCCCCC[Si]1(O[Si](C)(C)C)OC(C)(C)C[Si](C)(C)[Si]1(C)C. The zero-order valence-corrected chi connectivity index (χ0v) is 21.6. The molecule has 1 rings (SSSR count). The molecule has 0 bridgehead atoms. The van der Waals surface area contributed by atoms with E-state index < -0.39 is 31.1 Å². The molecule has 0 aliphatic carbocycles. The van der Waals surface area contributed by atoms with Crippen molar-refractivity contribution in [1.82, 2.24) is 0 Å². The second kappa shape index (κ2) is 7.19. The monoisotopic (exact) mass is 390 g/mol. The van der Waals surface area contributed by atoms with Crippen LogP contribution in [0.3, 0.4) is 0 Å². The van der Waals surface area contributed by atoms with Crippen LogP contribution in [0, 0.1) is 0 Å². The zero-order chi connectivity index (χ0) is 18.2. The fourth-order valence-electron chi connectivity index (χ4n) is 4.25. The molecule has 1 unspecified atom stereocenters. The first-order chi connectivity index (χ1) is 10.2. The van der Waals surface area contributed by atoms with Crippen molar-refractivity contribution in [2.24, 2.45) is 0 Å². The van der Waals surface area contributed by atoms with Gasteiger partial charge in [0.25, 0.3) is 0 Å². The Morgan fingerprint density at radius 3 is 2.04 bits per heavy atom. The maximum absolute atomic E-state index is 7.09. The Balaban J connectivity index is 3.21. The van der Waals surface area contributed by atoms with Crippen molar-refractivity contribution in [3.63, 3.8) is 0 Å².